The lowest BCUT2D eigenvalue weighted by Gasteiger charge is -2.24. The molecule has 0 aliphatic heterocycles. The minimum atomic E-state index is -0.582. The number of rotatable bonds is 8. The van der Waals surface area contributed by atoms with Crippen LogP contribution in [-0.2, 0) is 9.53 Å². The summed E-state index contributed by atoms with van der Waals surface area (Å²) in [6.07, 6.45) is 5.89. The number of hydrogen-bond donors (Lipinski definition) is 1. The fraction of sp³-hybridized carbons (Fsp3) is 0.933. The van der Waals surface area contributed by atoms with Crippen LogP contribution in [0.3, 0.4) is 0 Å². The predicted octanol–water partition coefficient (Wildman–Crippen LogP) is 3.69. The third kappa shape index (κ3) is 8.51. The van der Waals surface area contributed by atoms with Gasteiger partial charge in [-0.2, -0.15) is 0 Å². The van der Waals surface area contributed by atoms with Gasteiger partial charge in [0, 0.05) is 0 Å². The van der Waals surface area contributed by atoms with Crippen LogP contribution in [0.25, 0.3) is 0 Å². The Labute approximate surface area is 112 Å². The molecule has 0 rings (SSSR count). The fourth-order valence-electron chi connectivity index (χ4n) is 1.76. The zero-order valence-electron chi connectivity index (χ0n) is 12.7. The van der Waals surface area contributed by atoms with E-state index in [1.54, 1.807) is 6.92 Å². The van der Waals surface area contributed by atoms with Crippen molar-refractivity contribution in [2.45, 2.75) is 84.8 Å². The molecule has 2 atom stereocenters. The van der Waals surface area contributed by atoms with Gasteiger partial charge in [-0.3, -0.25) is 4.79 Å². The fourth-order valence-corrected chi connectivity index (χ4v) is 1.76. The van der Waals surface area contributed by atoms with Gasteiger partial charge >= 0.3 is 5.97 Å². The van der Waals surface area contributed by atoms with Crippen molar-refractivity contribution < 1.29 is 14.6 Å². The Bertz CT molecular complexity index is 230. The van der Waals surface area contributed by atoms with Crippen LogP contribution in [0.1, 0.15) is 73.1 Å². The zero-order valence-corrected chi connectivity index (χ0v) is 12.7. The van der Waals surface area contributed by atoms with E-state index in [1.807, 2.05) is 20.8 Å². The van der Waals surface area contributed by atoms with Crippen molar-refractivity contribution >= 4 is 5.97 Å². The summed E-state index contributed by atoms with van der Waals surface area (Å²) in [6.45, 7) is 9.45. The van der Waals surface area contributed by atoms with E-state index in [0.29, 0.717) is 6.42 Å². The van der Waals surface area contributed by atoms with Gasteiger partial charge in [0.1, 0.15) is 5.60 Å². The molecule has 0 aromatic rings. The normalized spacial score (nSPS) is 15.2. The summed E-state index contributed by atoms with van der Waals surface area (Å²) in [4.78, 5) is 11.8. The predicted molar refractivity (Wildman–Crippen MR) is 74.4 cm³/mol. The highest BCUT2D eigenvalue weighted by atomic mass is 16.6. The van der Waals surface area contributed by atoms with Gasteiger partial charge < -0.3 is 9.84 Å². The number of ether oxygens (including phenoxy) is 1. The summed E-state index contributed by atoms with van der Waals surface area (Å²) in [5.41, 5.74) is -0.480. The van der Waals surface area contributed by atoms with Crippen LogP contribution in [0, 0.1) is 5.92 Å². The van der Waals surface area contributed by atoms with Gasteiger partial charge in [-0.05, 0) is 34.1 Å². The SMILES string of the molecule is CCCCCCCC(O)C(C)C(=O)OC(C)(C)C. The molecule has 108 valence electrons. The summed E-state index contributed by atoms with van der Waals surface area (Å²) < 4.78 is 5.27. The second kappa shape index (κ2) is 8.52. The van der Waals surface area contributed by atoms with Crippen molar-refractivity contribution in [3.05, 3.63) is 0 Å². The summed E-state index contributed by atoms with van der Waals surface area (Å²) in [5, 5.41) is 9.94. The summed E-state index contributed by atoms with van der Waals surface area (Å²) >= 11 is 0. The number of carbonyl (C=O) groups is 1. The van der Waals surface area contributed by atoms with Crippen LogP contribution in [0.5, 0.6) is 0 Å². The summed E-state index contributed by atoms with van der Waals surface area (Å²) in [5.74, 6) is -0.737. The first-order valence-electron chi connectivity index (χ1n) is 7.19. The Morgan fingerprint density at radius 1 is 1.17 bits per heavy atom. The molecule has 0 amide bonds. The van der Waals surface area contributed by atoms with E-state index in [4.69, 9.17) is 4.74 Å². The number of unbranched alkanes of at least 4 members (excludes halogenated alkanes) is 4. The highest BCUT2D eigenvalue weighted by Gasteiger charge is 2.26. The molecule has 0 aliphatic carbocycles. The molecule has 0 spiro atoms. The molecule has 0 aliphatic rings. The third-order valence-corrected chi connectivity index (χ3v) is 2.96. The highest BCUT2D eigenvalue weighted by Crippen LogP contribution is 2.17. The maximum absolute atomic E-state index is 11.8. The maximum Gasteiger partial charge on any atom is 0.311 e. The van der Waals surface area contributed by atoms with E-state index in [9.17, 15) is 9.90 Å². The summed E-state index contributed by atoms with van der Waals surface area (Å²) in [7, 11) is 0. The van der Waals surface area contributed by atoms with Crippen molar-refractivity contribution in [1.82, 2.24) is 0 Å². The lowest BCUT2D eigenvalue weighted by atomic mass is 9.98. The van der Waals surface area contributed by atoms with E-state index in [1.165, 1.54) is 19.3 Å². The Kier molecular flexibility index (Phi) is 8.25. The molecule has 2 unspecified atom stereocenters. The number of aliphatic hydroxyl groups excluding tert-OH is 1. The van der Waals surface area contributed by atoms with Gasteiger partial charge in [0.15, 0.2) is 0 Å². The minimum Gasteiger partial charge on any atom is -0.460 e. The van der Waals surface area contributed by atoms with Crippen LogP contribution >= 0.6 is 0 Å². The van der Waals surface area contributed by atoms with Crippen LogP contribution in [0.2, 0.25) is 0 Å². The highest BCUT2D eigenvalue weighted by molar-refractivity contribution is 5.73. The molecule has 0 radical (unpaired) electrons. The number of esters is 1. The molecule has 3 heteroatoms. The Balaban J connectivity index is 3.88. The average molecular weight is 258 g/mol. The molecular weight excluding hydrogens is 228 g/mol. The number of hydrogen-bond acceptors (Lipinski definition) is 3. The Hall–Kier alpha value is -0.570. The molecule has 0 heterocycles. The monoisotopic (exact) mass is 258 g/mol. The van der Waals surface area contributed by atoms with Gasteiger partial charge in [-0.25, -0.2) is 0 Å². The van der Waals surface area contributed by atoms with Crippen LogP contribution in [-0.4, -0.2) is 22.8 Å². The van der Waals surface area contributed by atoms with E-state index in [-0.39, 0.29) is 5.97 Å². The zero-order chi connectivity index (χ0) is 14.2. The van der Waals surface area contributed by atoms with Crippen molar-refractivity contribution in [2.24, 2.45) is 5.92 Å². The first kappa shape index (κ1) is 17.4. The molecule has 0 fully saturated rings. The molecule has 0 saturated carbocycles. The number of aliphatic hydroxyl groups is 1. The first-order valence-corrected chi connectivity index (χ1v) is 7.19. The molecule has 0 aromatic heterocycles. The first-order chi connectivity index (χ1) is 8.28. The van der Waals surface area contributed by atoms with E-state index >= 15 is 0 Å². The lowest BCUT2D eigenvalue weighted by Crippen LogP contribution is -2.33. The molecule has 3 nitrogen and oxygen atoms in total. The largest absolute Gasteiger partial charge is 0.460 e. The second-order valence-electron chi connectivity index (χ2n) is 6.09. The topological polar surface area (TPSA) is 46.5 Å². The van der Waals surface area contributed by atoms with E-state index < -0.39 is 17.6 Å². The average Bonchev–Trinajstić information content (AvgIpc) is 2.25. The second-order valence-corrected chi connectivity index (χ2v) is 6.09. The standard InChI is InChI=1S/C15H30O3/c1-6-7-8-9-10-11-13(16)12(2)14(17)18-15(3,4)5/h12-13,16H,6-11H2,1-5H3. The molecule has 0 bridgehead atoms. The van der Waals surface area contributed by atoms with Crippen LogP contribution < -0.4 is 0 Å². The molecular formula is C15H30O3. The van der Waals surface area contributed by atoms with E-state index in [2.05, 4.69) is 6.92 Å². The van der Waals surface area contributed by atoms with Crippen molar-refractivity contribution in [1.29, 1.82) is 0 Å². The smallest absolute Gasteiger partial charge is 0.311 e. The maximum atomic E-state index is 11.8. The quantitative estimate of drug-likeness (QED) is 0.533. The van der Waals surface area contributed by atoms with Crippen molar-refractivity contribution in [3.63, 3.8) is 0 Å². The molecule has 18 heavy (non-hydrogen) atoms. The number of carbonyl (C=O) groups excluding carboxylic acids is 1. The van der Waals surface area contributed by atoms with Gasteiger partial charge in [0.05, 0.1) is 12.0 Å². The van der Waals surface area contributed by atoms with Crippen LogP contribution in [0.15, 0.2) is 0 Å². The Morgan fingerprint density at radius 2 is 1.72 bits per heavy atom. The third-order valence-electron chi connectivity index (χ3n) is 2.96. The van der Waals surface area contributed by atoms with E-state index in [0.717, 1.165) is 12.8 Å². The molecule has 1 N–H and O–H groups in total. The van der Waals surface area contributed by atoms with Crippen LogP contribution in [0.4, 0.5) is 0 Å². The van der Waals surface area contributed by atoms with Gasteiger partial charge in [0.2, 0.25) is 0 Å². The summed E-state index contributed by atoms with van der Waals surface area (Å²) in [6, 6.07) is 0. The van der Waals surface area contributed by atoms with Gasteiger partial charge in [-0.15, -0.1) is 0 Å². The lowest BCUT2D eigenvalue weighted by molar-refractivity contribution is -0.163. The minimum absolute atomic E-state index is 0.302. The molecule has 0 saturated heterocycles. The van der Waals surface area contributed by atoms with Crippen molar-refractivity contribution in [3.8, 4) is 0 Å². The van der Waals surface area contributed by atoms with Crippen molar-refractivity contribution in [2.75, 3.05) is 0 Å². The van der Waals surface area contributed by atoms with Gasteiger partial charge in [0.25, 0.3) is 0 Å². The Morgan fingerprint density at radius 3 is 2.22 bits per heavy atom. The van der Waals surface area contributed by atoms with Gasteiger partial charge in [-0.1, -0.05) is 39.0 Å². The molecule has 0 aromatic carbocycles.